The maximum absolute atomic E-state index is 12.5. The third kappa shape index (κ3) is 2.42. The van der Waals surface area contributed by atoms with Crippen LogP contribution in [0.5, 0.6) is 0 Å². The number of imide groups is 1. The predicted octanol–water partition coefficient (Wildman–Crippen LogP) is 1.40. The van der Waals surface area contributed by atoms with Crippen molar-refractivity contribution in [1.29, 1.82) is 0 Å². The highest BCUT2D eigenvalue weighted by atomic mass is 16.2. The summed E-state index contributed by atoms with van der Waals surface area (Å²) in [5, 5.41) is 5.82. The molecule has 1 saturated heterocycles. The fraction of sp³-hybridized carbons (Fsp3) is 0.824. The number of carbonyl (C=O) groups excluding carboxylic acids is 3. The molecule has 5 aliphatic rings. The molecule has 0 atom stereocenters. The predicted molar refractivity (Wildman–Crippen MR) is 83.4 cm³/mol. The van der Waals surface area contributed by atoms with Crippen LogP contribution in [0.4, 0.5) is 4.79 Å². The molecule has 5 fully saturated rings. The highest BCUT2D eigenvalue weighted by Gasteiger charge is 2.52. The fourth-order valence-electron chi connectivity index (χ4n) is 5.70. The van der Waals surface area contributed by atoms with Gasteiger partial charge in [0.15, 0.2) is 0 Å². The lowest BCUT2D eigenvalue weighted by Crippen LogP contribution is -2.61. The van der Waals surface area contributed by atoms with Crippen molar-refractivity contribution in [3.05, 3.63) is 0 Å². The molecule has 0 unspecified atom stereocenters. The zero-order valence-electron chi connectivity index (χ0n) is 13.9. The van der Waals surface area contributed by atoms with Crippen LogP contribution in [-0.2, 0) is 9.59 Å². The van der Waals surface area contributed by atoms with Gasteiger partial charge in [-0.25, -0.2) is 4.79 Å². The third-order valence-electron chi connectivity index (χ3n) is 6.19. The van der Waals surface area contributed by atoms with E-state index in [1.165, 1.54) is 19.3 Å². The minimum atomic E-state index is -0.919. The number of hydrogen-bond donors (Lipinski definition) is 2. The molecular formula is C17H25N3O3. The topological polar surface area (TPSA) is 78.5 Å². The average molecular weight is 319 g/mol. The van der Waals surface area contributed by atoms with Gasteiger partial charge >= 0.3 is 6.03 Å². The second kappa shape index (κ2) is 4.71. The van der Waals surface area contributed by atoms with Crippen LogP contribution in [0, 0.1) is 17.8 Å². The maximum atomic E-state index is 12.5. The Morgan fingerprint density at radius 3 is 2.09 bits per heavy atom. The second-order valence-electron chi connectivity index (χ2n) is 8.69. The van der Waals surface area contributed by atoms with Gasteiger partial charge in [-0.3, -0.25) is 14.5 Å². The smallest absolute Gasteiger partial charge is 0.325 e. The summed E-state index contributed by atoms with van der Waals surface area (Å²) in [6, 6.07) is -0.472. The van der Waals surface area contributed by atoms with Gasteiger partial charge in [0.1, 0.15) is 12.1 Å². The molecule has 4 saturated carbocycles. The Bertz CT molecular complexity index is 548. The number of amides is 4. The van der Waals surface area contributed by atoms with E-state index in [1.54, 1.807) is 13.8 Å². The van der Waals surface area contributed by atoms with Crippen molar-refractivity contribution >= 4 is 17.8 Å². The second-order valence-corrected chi connectivity index (χ2v) is 8.69. The molecule has 0 aromatic carbocycles. The van der Waals surface area contributed by atoms with Crippen molar-refractivity contribution in [1.82, 2.24) is 15.5 Å². The van der Waals surface area contributed by atoms with E-state index in [4.69, 9.17) is 0 Å². The molecule has 23 heavy (non-hydrogen) atoms. The minimum Gasteiger partial charge on any atom is -0.349 e. The van der Waals surface area contributed by atoms with E-state index >= 15 is 0 Å². The normalized spacial score (nSPS) is 40.4. The molecular weight excluding hydrogens is 294 g/mol. The Kier molecular flexibility index (Phi) is 3.06. The molecule has 2 N–H and O–H groups in total. The molecule has 0 spiro atoms. The van der Waals surface area contributed by atoms with Crippen LogP contribution in [0.1, 0.15) is 52.4 Å². The van der Waals surface area contributed by atoms with Crippen LogP contribution < -0.4 is 10.6 Å². The molecule has 0 aromatic heterocycles. The summed E-state index contributed by atoms with van der Waals surface area (Å²) in [5.41, 5.74) is -1.00. The minimum absolute atomic E-state index is 0.0827. The first-order valence-corrected chi connectivity index (χ1v) is 8.71. The average Bonchev–Trinajstić information content (AvgIpc) is 2.58. The molecule has 4 aliphatic carbocycles. The third-order valence-corrected chi connectivity index (χ3v) is 6.19. The van der Waals surface area contributed by atoms with E-state index < -0.39 is 11.6 Å². The Balaban J connectivity index is 1.43. The molecule has 6 heteroatoms. The highest BCUT2D eigenvalue weighted by molar-refractivity contribution is 6.08. The summed E-state index contributed by atoms with van der Waals surface area (Å²) in [6.45, 7) is 3.14. The first kappa shape index (κ1) is 15.0. The van der Waals surface area contributed by atoms with Crippen LogP contribution >= 0.6 is 0 Å². The number of urea groups is 1. The summed E-state index contributed by atoms with van der Waals surface area (Å²) < 4.78 is 0. The lowest BCUT2D eigenvalue weighted by atomic mass is 9.53. The van der Waals surface area contributed by atoms with Gasteiger partial charge < -0.3 is 10.6 Å². The summed E-state index contributed by atoms with van der Waals surface area (Å²) in [5.74, 6) is 1.71. The number of rotatable bonds is 3. The van der Waals surface area contributed by atoms with Crippen LogP contribution in [0.3, 0.4) is 0 Å². The zero-order chi connectivity index (χ0) is 16.4. The quantitative estimate of drug-likeness (QED) is 0.772. The molecule has 0 aromatic rings. The molecule has 4 bridgehead atoms. The number of carbonyl (C=O) groups is 3. The van der Waals surface area contributed by atoms with E-state index in [0.717, 1.165) is 41.9 Å². The Hall–Kier alpha value is -1.59. The molecule has 126 valence electrons. The van der Waals surface area contributed by atoms with Gasteiger partial charge in [0.25, 0.3) is 5.91 Å². The monoisotopic (exact) mass is 319 g/mol. The van der Waals surface area contributed by atoms with Gasteiger partial charge in [-0.2, -0.15) is 0 Å². The van der Waals surface area contributed by atoms with Gasteiger partial charge in [-0.1, -0.05) is 0 Å². The lowest BCUT2D eigenvalue weighted by Gasteiger charge is -2.56. The number of nitrogens with one attached hydrogen (secondary N) is 2. The zero-order valence-corrected chi connectivity index (χ0v) is 13.9. The Morgan fingerprint density at radius 2 is 1.65 bits per heavy atom. The summed E-state index contributed by atoms with van der Waals surface area (Å²) >= 11 is 0. The van der Waals surface area contributed by atoms with Crippen molar-refractivity contribution in [3.8, 4) is 0 Å². The first-order valence-electron chi connectivity index (χ1n) is 8.71. The fourth-order valence-corrected chi connectivity index (χ4v) is 5.70. The molecule has 5 rings (SSSR count). The van der Waals surface area contributed by atoms with E-state index in [1.807, 2.05) is 0 Å². The van der Waals surface area contributed by atoms with Crippen LogP contribution in [-0.4, -0.2) is 40.4 Å². The van der Waals surface area contributed by atoms with E-state index in [0.29, 0.717) is 0 Å². The van der Waals surface area contributed by atoms with E-state index in [9.17, 15) is 14.4 Å². The summed E-state index contributed by atoms with van der Waals surface area (Å²) in [7, 11) is 0. The summed E-state index contributed by atoms with van der Waals surface area (Å²) in [4.78, 5) is 37.7. The molecule has 6 nitrogen and oxygen atoms in total. The van der Waals surface area contributed by atoms with Crippen molar-refractivity contribution < 1.29 is 14.4 Å². The van der Waals surface area contributed by atoms with E-state index in [-0.39, 0.29) is 23.9 Å². The molecule has 0 radical (unpaired) electrons. The van der Waals surface area contributed by atoms with Crippen LogP contribution in [0.2, 0.25) is 0 Å². The maximum Gasteiger partial charge on any atom is 0.325 e. The summed E-state index contributed by atoms with van der Waals surface area (Å²) in [6.07, 6.45) is 7.14. The van der Waals surface area contributed by atoms with Crippen LogP contribution in [0.25, 0.3) is 0 Å². The number of nitrogens with zero attached hydrogens (tertiary/aromatic N) is 1. The van der Waals surface area contributed by atoms with Crippen molar-refractivity contribution in [2.75, 3.05) is 6.54 Å². The Labute approximate surface area is 136 Å². The van der Waals surface area contributed by atoms with E-state index in [2.05, 4.69) is 10.6 Å². The van der Waals surface area contributed by atoms with Crippen LogP contribution in [0.15, 0.2) is 0 Å². The first-order chi connectivity index (χ1) is 10.8. The number of hydrogen-bond acceptors (Lipinski definition) is 3. The van der Waals surface area contributed by atoms with Gasteiger partial charge in [0.2, 0.25) is 5.91 Å². The van der Waals surface area contributed by atoms with Gasteiger partial charge in [-0.15, -0.1) is 0 Å². The molecule has 1 aliphatic heterocycles. The SMILES string of the molecule is CC1(C)NC(=O)N(CC(=O)NC23CC4CC(CC(C4)C2)C3)C1=O. The van der Waals surface area contributed by atoms with Crippen molar-refractivity contribution in [2.24, 2.45) is 17.8 Å². The Morgan fingerprint density at radius 1 is 1.13 bits per heavy atom. The van der Waals surface area contributed by atoms with Crippen molar-refractivity contribution in [2.45, 2.75) is 63.5 Å². The van der Waals surface area contributed by atoms with Gasteiger partial charge in [0.05, 0.1) is 0 Å². The largest absolute Gasteiger partial charge is 0.349 e. The molecule has 4 amide bonds. The standard InChI is InChI=1S/C17H25N3O3/c1-16(2)14(22)20(15(23)19-16)9-13(21)18-17-6-10-3-11(7-17)5-12(4-10)8-17/h10-12H,3-9H2,1-2H3,(H,18,21)(H,19,23). The van der Waals surface area contributed by atoms with Gasteiger partial charge in [0, 0.05) is 5.54 Å². The molecule has 1 heterocycles. The van der Waals surface area contributed by atoms with Crippen molar-refractivity contribution in [3.63, 3.8) is 0 Å². The lowest BCUT2D eigenvalue weighted by molar-refractivity contribution is -0.136. The highest BCUT2D eigenvalue weighted by Crippen LogP contribution is 2.55. The van der Waals surface area contributed by atoms with Gasteiger partial charge in [-0.05, 0) is 70.1 Å².